The largest absolute Gasteiger partial charge is 0.492 e. The molecule has 0 spiro atoms. The molecule has 7 nitrogen and oxygen atoms in total. The van der Waals surface area contributed by atoms with Crippen molar-refractivity contribution in [2.75, 3.05) is 26.2 Å². The Morgan fingerprint density at radius 2 is 1.78 bits per heavy atom. The average Bonchev–Trinajstić information content (AvgIpc) is 2.82. The summed E-state index contributed by atoms with van der Waals surface area (Å²) in [7, 11) is -3.48. The van der Waals surface area contributed by atoms with Crippen LogP contribution in [0.15, 0.2) is 53.4 Å². The quantitative estimate of drug-likeness (QED) is 0.545. The van der Waals surface area contributed by atoms with Crippen molar-refractivity contribution < 1.29 is 27.1 Å². The minimum Gasteiger partial charge on any atom is -0.492 e. The van der Waals surface area contributed by atoms with Gasteiger partial charge in [0, 0.05) is 13.1 Å². The highest BCUT2D eigenvalue weighted by Crippen LogP contribution is 2.22. The van der Waals surface area contributed by atoms with Gasteiger partial charge in [-0.1, -0.05) is 25.5 Å². The molecule has 0 bridgehead atoms. The van der Waals surface area contributed by atoms with E-state index in [1.54, 1.807) is 31.2 Å². The van der Waals surface area contributed by atoms with E-state index in [2.05, 4.69) is 5.32 Å². The number of carbonyl (C=O) groups excluding carboxylic acids is 1. The number of rotatable bonds is 10. The Morgan fingerprint density at radius 1 is 1.09 bits per heavy atom. The number of para-hydroxylation sites is 1. The summed E-state index contributed by atoms with van der Waals surface area (Å²) < 4.78 is 51.7. The Labute approximate surface area is 188 Å². The minimum atomic E-state index is -3.48. The van der Waals surface area contributed by atoms with E-state index in [0.717, 1.165) is 19.3 Å². The molecule has 0 aliphatic carbocycles. The molecule has 174 valence electrons. The summed E-state index contributed by atoms with van der Waals surface area (Å²) in [5.74, 6) is -0.341. The van der Waals surface area contributed by atoms with Gasteiger partial charge in [-0.05, 0) is 55.7 Å². The van der Waals surface area contributed by atoms with Crippen LogP contribution in [0.4, 0.5) is 4.39 Å². The number of amides is 1. The van der Waals surface area contributed by atoms with Gasteiger partial charge in [0.15, 0.2) is 17.7 Å². The van der Waals surface area contributed by atoms with Gasteiger partial charge in [0.25, 0.3) is 5.91 Å². The second-order valence-electron chi connectivity index (χ2n) is 7.52. The third kappa shape index (κ3) is 6.20. The van der Waals surface area contributed by atoms with E-state index >= 15 is 0 Å². The third-order valence-electron chi connectivity index (χ3n) is 5.22. The van der Waals surface area contributed by atoms with Gasteiger partial charge in [-0.2, -0.15) is 4.31 Å². The Balaban J connectivity index is 1.45. The SMILES string of the molecule is CC[C@H](Oc1ccccc1F)C(=O)NCCOc1ccc(S(=O)(=O)N2CCCCC2)cc1. The van der Waals surface area contributed by atoms with E-state index in [0.29, 0.717) is 25.3 Å². The van der Waals surface area contributed by atoms with Gasteiger partial charge in [-0.15, -0.1) is 0 Å². The lowest BCUT2D eigenvalue weighted by Gasteiger charge is -2.25. The molecule has 1 fully saturated rings. The van der Waals surface area contributed by atoms with Crippen molar-refractivity contribution in [3.05, 3.63) is 54.3 Å². The lowest BCUT2D eigenvalue weighted by atomic mass is 10.2. The monoisotopic (exact) mass is 464 g/mol. The van der Waals surface area contributed by atoms with E-state index in [4.69, 9.17) is 9.47 Å². The van der Waals surface area contributed by atoms with Gasteiger partial charge in [0.2, 0.25) is 10.0 Å². The third-order valence-corrected chi connectivity index (χ3v) is 7.13. The van der Waals surface area contributed by atoms with Crippen molar-refractivity contribution in [1.82, 2.24) is 9.62 Å². The Hall–Kier alpha value is -2.65. The van der Waals surface area contributed by atoms with Gasteiger partial charge in [0.05, 0.1) is 11.4 Å². The molecule has 1 heterocycles. The van der Waals surface area contributed by atoms with E-state index in [-0.39, 0.29) is 29.7 Å². The molecule has 1 amide bonds. The first-order valence-electron chi connectivity index (χ1n) is 10.8. The predicted molar refractivity (Wildman–Crippen MR) is 119 cm³/mol. The van der Waals surface area contributed by atoms with Crippen molar-refractivity contribution >= 4 is 15.9 Å². The fourth-order valence-electron chi connectivity index (χ4n) is 3.43. The number of nitrogens with zero attached hydrogens (tertiary/aromatic N) is 1. The molecular formula is C23H29FN2O5S. The summed E-state index contributed by atoms with van der Waals surface area (Å²) in [6.45, 7) is 3.31. The molecule has 0 aromatic heterocycles. The molecule has 0 unspecified atom stereocenters. The number of hydrogen-bond donors (Lipinski definition) is 1. The summed E-state index contributed by atoms with van der Waals surface area (Å²) in [5.41, 5.74) is 0. The normalized spacial score (nSPS) is 15.7. The van der Waals surface area contributed by atoms with E-state index in [1.807, 2.05) is 0 Å². The van der Waals surface area contributed by atoms with Crippen LogP contribution in [-0.2, 0) is 14.8 Å². The van der Waals surface area contributed by atoms with Crippen LogP contribution in [0.2, 0.25) is 0 Å². The number of hydrogen-bond acceptors (Lipinski definition) is 5. The first-order valence-corrected chi connectivity index (χ1v) is 12.3. The van der Waals surface area contributed by atoms with Crippen LogP contribution in [0, 0.1) is 5.82 Å². The maximum absolute atomic E-state index is 13.7. The van der Waals surface area contributed by atoms with Crippen LogP contribution in [-0.4, -0.2) is 51.0 Å². The number of sulfonamides is 1. The lowest BCUT2D eigenvalue weighted by Crippen LogP contribution is -2.39. The molecule has 0 saturated carbocycles. The van der Waals surface area contributed by atoms with Gasteiger partial charge in [0.1, 0.15) is 12.4 Å². The molecule has 3 rings (SSSR count). The molecule has 1 aliphatic heterocycles. The van der Waals surface area contributed by atoms with Crippen LogP contribution in [0.3, 0.4) is 0 Å². The molecule has 1 saturated heterocycles. The van der Waals surface area contributed by atoms with Crippen molar-refractivity contribution in [1.29, 1.82) is 0 Å². The Kier molecular flexibility index (Phi) is 8.46. The summed E-state index contributed by atoms with van der Waals surface area (Å²) in [6.07, 6.45) is 2.40. The highest BCUT2D eigenvalue weighted by Gasteiger charge is 2.25. The summed E-state index contributed by atoms with van der Waals surface area (Å²) in [4.78, 5) is 12.6. The Morgan fingerprint density at radius 3 is 2.44 bits per heavy atom. The van der Waals surface area contributed by atoms with Crippen LogP contribution >= 0.6 is 0 Å². The van der Waals surface area contributed by atoms with Crippen LogP contribution in [0.25, 0.3) is 0 Å². The zero-order chi connectivity index (χ0) is 23.0. The van der Waals surface area contributed by atoms with E-state index in [1.165, 1.54) is 28.6 Å². The number of benzene rings is 2. The van der Waals surface area contributed by atoms with Crippen molar-refractivity contribution in [2.45, 2.75) is 43.6 Å². The first kappa shape index (κ1) is 24.0. The van der Waals surface area contributed by atoms with Crippen LogP contribution in [0.5, 0.6) is 11.5 Å². The molecule has 9 heteroatoms. The first-order chi connectivity index (χ1) is 15.4. The molecule has 2 aromatic carbocycles. The number of nitrogens with one attached hydrogen (secondary N) is 1. The maximum Gasteiger partial charge on any atom is 0.261 e. The average molecular weight is 465 g/mol. The molecule has 1 N–H and O–H groups in total. The smallest absolute Gasteiger partial charge is 0.261 e. The highest BCUT2D eigenvalue weighted by atomic mass is 32.2. The lowest BCUT2D eigenvalue weighted by molar-refractivity contribution is -0.128. The Bertz CT molecular complexity index is 992. The van der Waals surface area contributed by atoms with Gasteiger partial charge >= 0.3 is 0 Å². The molecule has 2 aromatic rings. The molecule has 0 radical (unpaired) electrons. The minimum absolute atomic E-state index is 0.0327. The number of halogens is 1. The standard InChI is InChI=1S/C23H29FN2O5S/c1-2-21(31-22-9-5-4-8-20(22)24)23(27)25-14-17-30-18-10-12-19(13-11-18)32(28,29)26-15-6-3-7-16-26/h4-5,8-13,21H,2-3,6-7,14-17H2,1H3,(H,25,27)/t21-/m0/s1. The second-order valence-corrected chi connectivity index (χ2v) is 9.46. The zero-order valence-electron chi connectivity index (χ0n) is 18.1. The molecule has 1 aliphatic rings. The predicted octanol–water partition coefficient (Wildman–Crippen LogP) is 3.35. The van der Waals surface area contributed by atoms with Crippen molar-refractivity contribution in [3.63, 3.8) is 0 Å². The van der Waals surface area contributed by atoms with Crippen molar-refractivity contribution in [3.8, 4) is 11.5 Å². The maximum atomic E-state index is 13.7. The number of ether oxygens (including phenoxy) is 2. The van der Waals surface area contributed by atoms with Gasteiger partial charge in [-0.3, -0.25) is 4.79 Å². The van der Waals surface area contributed by atoms with Gasteiger partial charge < -0.3 is 14.8 Å². The number of piperidine rings is 1. The van der Waals surface area contributed by atoms with E-state index in [9.17, 15) is 17.6 Å². The summed E-state index contributed by atoms with van der Waals surface area (Å²) in [6, 6.07) is 12.2. The van der Waals surface area contributed by atoms with Crippen LogP contribution in [0.1, 0.15) is 32.6 Å². The van der Waals surface area contributed by atoms with Crippen molar-refractivity contribution in [2.24, 2.45) is 0 Å². The summed E-state index contributed by atoms with van der Waals surface area (Å²) in [5, 5.41) is 2.71. The fourth-order valence-corrected chi connectivity index (χ4v) is 4.95. The highest BCUT2D eigenvalue weighted by molar-refractivity contribution is 7.89. The molecule has 1 atom stereocenters. The fraction of sp³-hybridized carbons (Fsp3) is 0.435. The molecular weight excluding hydrogens is 435 g/mol. The molecule has 32 heavy (non-hydrogen) atoms. The van der Waals surface area contributed by atoms with Gasteiger partial charge in [-0.25, -0.2) is 12.8 Å². The van der Waals surface area contributed by atoms with E-state index < -0.39 is 21.9 Å². The second kappa shape index (κ2) is 11.3. The van der Waals surface area contributed by atoms with Crippen LogP contribution < -0.4 is 14.8 Å². The summed E-state index contributed by atoms with van der Waals surface area (Å²) >= 11 is 0. The topological polar surface area (TPSA) is 84.9 Å². The number of carbonyl (C=O) groups is 1. The zero-order valence-corrected chi connectivity index (χ0v) is 18.9.